The van der Waals surface area contributed by atoms with Crippen LogP contribution in [-0.2, 0) is 5.41 Å². The van der Waals surface area contributed by atoms with Crippen LogP contribution in [0.1, 0.15) is 22.3 Å². The molecule has 288 valence electrons. The van der Waals surface area contributed by atoms with E-state index in [9.17, 15) is 0 Å². The van der Waals surface area contributed by atoms with Crippen molar-refractivity contribution in [3.8, 4) is 73.2 Å². The topological polar surface area (TPSA) is 43.6 Å². The Morgan fingerprint density at radius 3 is 1.50 bits per heavy atom. The minimum atomic E-state index is -0.383. The number of hydrogen-bond donors (Lipinski definition) is 0. The Hall–Kier alpha value is -8.21. The van der Waals surface area contributed by atoms with Crippen LogP contribution in [0.5, 0.6) is 0 Å². The Bertz CT molecular complexity index is 3540. The van der Waals surface area contributed by atoms with Crippen LogP contribution in [0, 0.1) is 0 Å². The summed E-state index contributed by atoms with van der Waals surface area (Å²) in [4.78, 5) is 15.8. The van der Waals surface area contributed by atoms with Crippen LogP contribution < -0.4 is 0 Å². The van der Waals surface area contributed by atoms with Gasteiger partial charge in [-0.3, -0.25) is 4.57 Å². The highest BCUT2D eigenvalue weighted by Crippen LogP contribution is 2.63. The van der Waals surface area contributed by atoms with Gasteiger partial charge in [0.05, 0.1) is 16.4 Å². The molecule has 0 aliphatic heterocycles. The lowest BCUT2D eigenvalue weighted by molar-refractivity contribution is 0.794. The molecule has 1 spiro atoms. The van der Waals surface area contributed by atoms with Crippen molar-refractivity contribution in [1.29, 1.82) is 0 Å². The van der Waals surface area contributed by atoms with Crippen LogP contribution in [-0.4, -0.2) is 19.5 Å². The molecule has 0 bridgehead atoms. The zero-order valence-corrected chi connectivity index (χ0v) is 33.6. The van der Waals surface area contributed by atoms with Crippen molar-refractivity contribution in [3.63, 3.8) is 0 Å². The molecule has 2 aliphatic carbocycles. The second-order valence-corrected chi connectivity index (χ2v) is 16.3. The van der Waals surface area contributed by atoms with Crippen LogP contribution in [0.2, 0.25) is 0 Å². The van der Waals surface area contributed by atoms with Gasteiger partial charge < -0.3 is 0 Å². The SMILES string of the molecule is c1ccc(-c2nc(-c3ccccc3-c3ccccc3)nc(-n3c4ccccc4c4c(-c5ccc6c(c5)-c5ccccc5C65c6ccccc6-c6ccccc65)cccc43)n2)cc1. The molecule has 0 fully saturated rings. The number of nitrogens with zero attached hydrogens (tertiary/aromatic N) is 4. The standard InChI is InChI=1S/C58H36N4/c1-3-18-37(19-4-1)40-22-7-8-26-45(40)56-59-55(38-20-5-2-6-21-38)60-57(61-56)62-52-32-16-12-27-46(52)54-41(28-17-33-53(54)62)39-34-35-51-47(36-39)44-25-11-15-31-50(44)58(51)48-29-13-9-23-42(48)43-24-10-14-30-49(43)58/h1-36H. The molecule has 9 aromatic carbocycles. The van der Waals surface area contributed by atoms with E-state index in [1.165, 1.54) is 50.1 Å². The summed E-state index contributed by atoms with van der Waals surface area (Å²) < 4.78 is 2.22. The van der Waals surface area contributed by atoms with Gasteiger partial charge >= 0.3 is 0 Å². The van der Waals surface area contributed by atoms with Gasteiger partial charge in [-0.2, -0.15) is 9.97 Å². The van der Waals surface area contributed by atoms with E-state index in [4.69, 9.17) is 15.0 Å². The average molecular weight is 789 g/mol. The van der Waals surface area contributed by atoms with Gasteiger partial charge in [0.1, 0.15) is 0 Å². The lowest BCUT2D eigenvalue weighted by Gasteiger charge is -2.30. The molecule has 4 heteroatoms. The second-order valence-electron chi connectivity index (χ2n) is 16.3. The summed E-state index contributed by atoms with van der Waals surface area (Å²) in [6.45, 7) is 0. The number of para-hydroxylation sites is 1. The van der Waals surface area contributed by atoms with Crippen molar-refractivity contribution >= 4 is 21.8 Å². The third-order valence-corrected chi connectivity index (χ3v) is 13.1. The quantitative estimate of drug-likeness (QED) is 0.174. The third kappa shape index (κ3) is 4.86. The molecule has 0 saturated carbocycles. The van der Waals surface area contributed by atoms with Crippen molar-refractivity contribution < 1.29 is 0 Å². The van der Waals surface area contributed by atoms with E-state index in [0.717, 1.165) is 49.6 Å². The van der Waals surface area contributed by atoms with Crippen molar-refractivity contribution in [1.82, 2.24) is 19.5 Å². The maximum Gasteiger partial charge on any atom is 0.238 e. The van der Waals surface area contributed by atoms with Gasteiger partial charge in [0, 0.05) is 21.9 Å². The van der Waals surface area contributed by atoms with Crippen LogP contribution >= 0.6 is 0 Å². The van der Waals surface area contributed by atoms with Gasteiger partial charge in [0.15, 0.2) is 11.6 Å². The van der Waals surface area contributed by atoms with Gasteiger partial charge in [-0.05, 0) is 85.0 Å². The molecular formula is C58H36N4. The minimum Gasteiger partial charge on any atom is -0.278 e. The van der Waals surface area contributed by atoms with E-state index in [-0.39, 0.29) is 5.41 Å². The number of fused-ring (bicyclic) bond motifs is 13. The van der Waals surface area contributed by atoms with Gasteiger partial charge in [-0.15, -0.1) is 0 Å². The molecule has 2 aliphatic rings. The smallest absolute Gasteiger partial charge is 0.238 e. The largest absolute Gasteiger partial charge is 0.278 e. The zero-order chi connectivity index (χ0) is 40.8. The summed E-state index contributed by atoms with van der Waals surface area (Å²) >= 11 is 0. The van der Waals surface area contributed by atoms with Gasteiger partial charge in [-0.1, -0.05) is 200 Å². The summed E-state index contributed by atoms with van der Waals surface area (Å²) in [5, 5.41) is 2.30. The van der Waals surface area contributed by atoms with Crippen LogP contribution in [0.15, 0.2) is 218 Å². The fourth-order valence-corrected chi connectivity index (χ4v) is 10.6. The molecule has 4 nitrogen and oxygen atoms in total. The highest BCUT2D eigenvalue weighted by atomic mass is 15.2. The third-order valence-electron chi connectivity index (χ3n) is 13.1. The molecule has 2 aromatic heterocycles. The zero-order valence-electron chi connectivity index (χ0n) is 33.6. The summed E-state index contributed by atoms with van der Waals surface area (Å²) in [6, 6.07) is 78.5. The average Bonchev–Trinajstić information content (AvgIpc) is 3.96. The first kappa shape index (κ1) is 34.6. The predicted octanol–water partition coefficient (Wildman–Crippen LogP) is 14.0. The van der Waals surface area contributed by atoms with E-state index < -0.39 is 0 Å². The monoisotopic (exact) mass is 788 g/mol. The Morgan fingerprint density at radius 2 is 0.806 bits per heavy atom. The molecule has 2 heterocycles. The van der Waals surface area contributed by atoms with E-state index in [1.807, 2.05) is 24.3 Å². The van der Waals surface area contributed by atoms with E-state index in [1.54, 1.807) is 0 Å². The first-order valence-corrected chi connectivity index (χ1v) is 21.2. The molecule has 0 amide bonds. The molecular weight excluding hydrogens is 753 g/mol. The Morgan fingerprint density at radius 1 is 0.306 bits per heavy atom. The number of aromatic nitrogens is 4. The summed E-state index contributed by atoms with van der Waals surface area (Å²) in [7, 11) is 0. The molecule has 0 unspecified atom stereocenters. The van der Waals surface area contributed by atoms with Gasteiger partial charge in [0.2, 0.25) is 5.95 Å². The van der Waals surface area contributed by atoms with Gasteiger partial charge in [-0.25, -0.2) is 4.98 Å². The molecule has 13 rings (SSSR count). The lowest BCUT2D eigenvalue weighted by atomic mass is 9.70. The molecule has 0 saturated heterocycles. The molecule has 62 heavy (non-hydrogen) atoms. The van der Waals surface area contributed by atoms with Crippen molar-refractivity contribution in [2.45, 2.75) is 5.41 Å². The van der Waals surface area contributed by atoms with Crippen molar-refractivity contribution in [3.05, 3.63) is 241 Å². The maximum absolute atomic E-state index is 5.35. The summed E-state index contributed by atoms with van der Waals surface area (Å²) in [5.74, 6) is 1.82. The van der Waals surface area contributed by atoms with E-state index >= 15 is 0 Å². The first-order valence-electron chi connectivity index (χ1n) is 21.2. The highest BCUT2D eigenvalue weighted by molar-refractivity contribution is 6.16. The van der Waals surface area contributed by atoms with Crippen LogP contribution in [0.4, 0.5) is 0 Å². The normalized spacial score (nSPS) is 13.0. The molecule has 11 aromatic rings. The molecule has 0 atom stereocenters. The highest BCUT2D eigenvalue weighted by Gasteiger charge is 2.51. The predicted molar refractivity (Wildman–Crippen MR) is 252 cm³/mol. The van der Waals surface area contributed by atoms with Crippen LogP contribution in [0.25, 0.3) is 95.0 Å². The lowest BCUT2D eigenvalue weighted by Crippen LogP contribution is -2.25. The summed E-state index contributed by atoms with van der Waals surface area (Å²) in [5.41, 5.74) is 18.6. The van der Waals surface area contributed by atoms with Crippen LogP contribution in [0.3, 0.4) is 0 Å². The van der Waals surface area contributed by atoms with Crippen molar-refractivity contribution in [2.24, 2.45) is 0 Å². The Kier molecular flexibility index (Phi) is 7.49. The minimum absolute atomic E-state index is 0.383. The fraction of sp³-hybridized carbons (Fsp3) is 0.0172. The molecule has 0 radical (unpaired) electrons. The fourth-order valence-electron chi connectivity index (χ4n) is 10.6. The number of benzene rings is 9. The second kappa shape index (κ2) is 13.4. The van der Waals surface area contributed by atoms with Gasteiger partial charge in [0.25, 0.3) is 0 Å². The molecule has 0 N–H and O–H groups in total. The number of hydrogen-bond acceptors (Lipinski definition) is 3. The van der Waals surface area contributed by atoms with Crippen molar-refractivity contribution in [2.75, 3.05) is 0 Å². The summed E-state index contributed by atoms with van der Waals surface area (Å²) in [6.07, 6.45) is 0. The Labute approximate surface area is 359 Å². The van der Waals surface area contributed by atoms with E-state index in [0.29, 0.717) is 17.6 Å². The Balaban J connectivity index is 1.04. The number of rotatable bonds is 5. The van der Waals surface area contributed by atoms with E-state index in [2.05, 4.69) is 199 Å². The first-order chi connectivity index (χ1) is 30.8. The maximum atomic E-state index is 5.35.